The molecule has 0 heterocycles. The molecule has 0 fully saturated rings. The number of hydrogen-bond acceptors (Lipinski definition) is 4. The molecular weight excluding hydrogens is 317 g/mol. The van der Waals surface area contributed by atoms with Crippen molar-refractivity contribution in [2.75, 3.05) is 0 Å². The zero-order chi connectivity index (χ0) is 15.5. The van der Waals surface area contributed by atoms with Crippen molar-refractivity contribution >= 4 is 38.0 Å². The molecule has 0 amide bonds. The van der Waals surface area contributed by atoms with Gasteiger partial charge in [0.25, 0.3) is 0 Å². The Balaban J connectivity index is 3.19. The van der Waals surface area contributed by atoms with Crippen LogP contribution in [0.4, 0.5) is 0 Å². The average Bonchev–Trinajstić information content (AvgIpc) is 2.40. The van der Waals surface area contributed by atoms with E-state index in [1.54, 1.807) is 19.5 Å². The number of benzene rings is 1. The number of rotatable bonds is 5. The molecule has 2 unspecified atom stereocenters. The van der Waals surface area contributed by atoms with E-state index in [1.807, 2.05) is 0 Å². The van der Waals surface area contributed by atoms with Crippen LogP contribution < -0.4 is 9.84 Å². The lowest BCUT2D eigenvalue weighted by atomic mass is 10.3. The molecule has 1 radical (unpaired) electrons. The minimum atomic E-state index is -1.73. The van der Waals surface area contributed by atoms with Gasteiger partial charge in [-0.1, -0.05) is 36.7 Å². The number of hydrogen-bond donors (Lipinski definition) is 0. The highest BCUT2D eigenvalue weighted by atomic mass is 35.5. The minimum absolute atomic E-state index is 0.167. The fourth-order valence-electron chi connectivity index (χ4n) is 1.57. The summed E-state index contributed by atoms with van der Waals surface area (Å²) < 4.78 is 5.58. The van der Waals surface area contributed by atoms with E-state index >= 15 is 0 Å². The monoisotopic (exact) mass is 329 g/mol. The Morgan fingerprint density at radius 1 is 1.55 bits per heavy atom. The van der Waals surface area contributed by atoms with Gasteiger partial charge in [-0.15, -0.1) is 0 Å². The second kappa shape index (κ2) is 6.49. The summed E-state index contributed by atoms with van der Waals surface area (Å²) in [5, 5.41) is 19.5. The molecule has 0 N–H and O–H groups in total. The topological polar surface area (TPSA) is 73.1 Å². The number of nitriles is 1. The Morgan fingerprint density at radius 3 is 2.65 bits per heavy atom. The van der Waals surface area contributed by atoms with E-state index in [-0.39, 0.29) is 10.8 Å². The van der Waals surface area contributed by atoms with E-state index in [2.05, 4.69) is 6.07 Å². The lowest BCUT2D eigenvalue weighted by Gasteiger charge is -2.37. The van der Waals surface area contributed by atoms with Crippen molar-refractivity contribution in [3.05, 3.63) is 28.2 Å². The van der Waals surface area contributed by atoms with Crippen LogP contribution in [-0.4, -0.2) is 20.0 Å². The van der Waals surface area contributed by atoms with E-state index in [0.717, 1.165) is 0 Å². The van der Waals surface area contributed by atoms with Gasteiger partial charge in [-0.2, -0.15) is 5.26 Å². The molecule has 1 rings (SSSR count). The number of nitrogens with zero attached hydrogens (tertiary/aromatic N) is 1. The lowest BCUT2D eigenvalue weighted by Crippen LogP contribution is -2.60. The van der Waals surface area contributed by atoms with Gasteiger partial charge < -0.3 is 14.6 Å². The summed E-state index contributed by atoms with van der Waals surface area (Å²) in [4.78, 5) is 11.5. The molecule has 20 heavy (non-hydrogen) atoms. The summed E-state index contributed by atoms with van der Waals surface area (Å²) in [5.74, 6) is -1.20. The van der Waals surface area contributed by atoms with E-state index in [1.165, 1.54) is 19.1 Å². The number of carbonyl (C=O) groups excluding carboxylic acids is 1. The molecule has 1 aromatic carbocycles. The molecule has 4 nitrogen and oxygen atoms in total. The number of halogens is 2. The first-order chi connectivity index (χ1) is 9.22. The maximum Gasteiger partial charge on any atom is 0.140 e. The number of aliphatic carboxylic acids is 1. The third-order valence-electron chi connectivity index (χ3n) is 3.19. The van der Waals surface area contributed by atoms with Crippen LogP contribution >= 0.6 is 23.2 Å². The van der Waals surface area contributed by atoms with Crippen molar-refractivity contribution in [1.82, 2.24) is 0 Å². The lowest BCUT2D eigenvalue weighted by molar-refractivity contribution is -0.316. The molecule has 0 saturated carbocycles. The van der Waals surface area contributed by atoms with Gasteiger partial charge in [0.1, 0.15) is 19.8 Å². The van der Waals surface area contributed by atoms with Crippen molar-refractivity contribution in [2.24, 2.45) is 0 Å². The molecule has 0 aromatic heterocycles. The van der Waals surface area contributed by atoms with Crippen LogP contribution in [0.3, 0.4) is 0 Å². The summed E-state index contributed by atoms with van der Waals surface area (Å²) >= 11 is 11.8. The zero-order valence-corrected chi connectivity index (χ0v) is 13.7. The molecular formula is C13H13Cl2NO3Si-. The normalized spacial score (nSPS) is 15.2. The summed E-state index contributed by atoms with van der Waals surface area (Å²) in [6.45, 7) is 4.78. The Morgan fingerprint density at radius 2 is 2.15 bits per heavy atom. The molecule has 0 saturated heterocycles. The Bertz CT molecular complexity index is 561. The Kier molecular flexibility index (Phi) is 5.46. The van der Waals surface area contributed by atoms with Crippen molar-refractivity contribution in [3.63, 3.8) is 0 Å². The summed E-state index contributed by atoms with van der Waals surface area (Å²) in [6, 6.07) is 6.58. The Hall–Kier alpha value is -1.22. The minimum Gasteiger partial charge on any atom is -0.546 e. The molecule has 1 aromatic rings. The van der Waals surface area contributed by atoms with E-state index in [4.69, 9.17) is 33.2 Å². The van der Waals surface area contributed by atoms with Gasteiger partial charge in [-0.3, -0.25) is 0 Å². The second-order valence-electron chi connectivity index (χ2n) is 4.53. The smallest absolute Gasteiger partial charge is 0.140 e. The Labute approximate surface area is 129 Å². The number of carboxylic acids is 1. The fraction of sp³-hybridized carbons (Fsp3) is 0.385. The molecule has 7 heteroatoms. The highest BCUT2D eigenvalue weighted by Gasteiger charge is 2.40. The number of carboxylic acid groups (broad SMARTS) is 1. The largest absolute Gasteiger partial charge is 0.546 e. The predicted molar refractivity (Wildman–Crippen MR) is 77.2 cm³/mol. The van der Waals surface area contributed by atoms with Crippen molar-refractivity contribution in [2.45, 2.75) is 31.2 Å². The van der Waals surface area contributed by atoms with E-state index in [0.29, 0.717) is 5.02 Å². The van der Waals surface area contributed by atoms with Crippen LogP contribution in [-0.2, 0) is 4.79 Å². The third kappa shape index (κ3) is 3.45. The summed E-state index contributed by atoms with van der Waals surface area (Å²) in [6.07, 6.45) is 0. The number of ether oxygens (including phenoxy) is 1. The van der Waals surface area contributed by atoms with Crippen molar-refractivity contribution < 1.29 is 14.6 Å². The number of carbonyl (C=O) groups is 1. The second-order valence-corrected chi connectivity index (χ2v) is 8.56. The van der Waals surface area contributed by atoms with Gasteiger partial charge in [0.05, 0.1) is 17.1 Å². The third-order valence-corrected chi connectivity index (χ3v) is 6.98. The molecule has 2 atom stereocenters. The molecule has 0 spiro atoms. The van der Waals surface area contributed by atoms with Gasteiger partial charge in [0, 0.05) is 16.6 Å². The van der Waals surface area contributed by atoms with Crippen LogP contribution in [0.1, 0.15) is 13.8 Å². The maximum atomic E-state index is 11.5. The highest BCUT2D eigenvalue weighted by molar-refractivity contribution is 6.66. The van der Waals surface area contributed by atoms with Gasteiger partial charge in [-0.25, -0.2) is 0 Å². The summed E-state index contributed by atoms with van der Waals surface area (Å²) in [7, 11) is -1.73. The highest BCUT2D eigenvalue weighted by Crippen LogP contribution is 2.33. The van der Waals surface area contributed by atoms with Crippen LogP contribution in [0.2, 0.25) is 22.1 Å². The fourth-order valence-corrected chi connectivity index (χ4v) is 3.50. The quantitative estimate of drug-likeness (QED) is 0.778. The first kappa shape index (κ1) is 16.8. The van der Waals surface area contributed by atoms with Crippen LogP contribution in [0.15, 0.2) is 18.2 Å². The predicted octanol–water partition coefficient (Wildman–Crippen LogP) is 2.46. The van der Waals surface area contributed by atoms with Gasteiger partial charge in [0.15, 0.2) is 0 Å². The SMILES string of the molecule is CC(C#N)[Si](C)C(C)(Oc1cc(Cl)ccc1Cl)C(=O)[O-]. The van der Waals surface area contributed by atoms with Crippen LogP contribution in [0.5, 0.6) is 5.75 Å². The zero-order valence-electron chi connectivity index (χ0n) is 11.2. The van der Waals surface area contributed by atoms with Gasteiger partial charge >= 0.3 is 0 Å². The van der Waals surface area contributed by atoms with E-state index in [9.17, 15) is 9.90 Å². The van der Waals surface area contributed by atoms with Gasteiger partial charge in [0.2, 0.25) is 0 Å². The van der Waals surface area contributed by atoms with Gasteiger partial charge in [-0.05, 0) is 19.1 Å². The average molecular weight is 330 g/mol. The summed E-state index contributed by atoms with van der Waals surface area (Å²) in [5.41, 5.74) is -0.430. The molecule has 107 valence electrons. The molecule has 0 bridgehead atoms. The molecule has 0 aliphatic carbocycles. The first-order valence-electron chi connectivity index (χ1n) is 5.81. The van der Waals surface area contributed by atoms with Crippen LogP contribution in [0.25, 0.3) is 0 Å². The van der Waals surface area contributed by atoms with Crippen molar-refractivity contribution in [3.8, 4) is 11.8 Å². The van der Waals surface area contributed by atoms with Crippen LogP contribution in [0, 0.1) is 11.3 Å². The molecule has 0 aliphatic rings. The van der Waals surface area contributed by atoms with E-state index < -0.39 is 25.5 Å². The maximum absolute atomic E-state index is 11.5. The van der Waals surface area contributed by atoms with Crippen molar-refractivity contribution in [1.29, 1.82) is 5.26 Å². The molecule has 0 aliphatic heterocycles. The first-order valence-corrected chi connectivity index (χ1v) is 8.64. The standard InChI is InChI=1S/C13H14Cl2NO3Si/c1-8(7-16)20(3)13(2,12(17)18)19-11-6-9(14)4-5-10(11)15/h4-6,8H,1-3H3,(H,17,18)/p-1.